The van der Waals surface area contributed by atoms with E-state index in [-0.39, 0.29) is 0 Å². The minimum Gasteiger partial charge on any atom is -0.384 e. The Bertz CT molecular complexity index is 404. The molecule has 7 heteroatoms. The summed E-state index contributed by atoms with van der Waals surface area (Å²) in [5.41, 5.74) is 0. The normalized spacial score (nSPS) is 22.0. The van der Waals surface area contributed by atoms with Crippen LogP contribution in [0.3, 0.4) is 0 Å². The fraction of sp³-hybridized carbons (Fsp3) is 1.00. The van der Waals surface area contributed by atoms with Crippen LogP contribution >= 0.6 is 0 Å². The molecule has 0 bridgehead atoms. The lowest BCUT2D eigenvalue weighted by molar-refractivity contribution is 0.120. The lowest BCUT2D eigenvalue weighted by atomic mass is 9.99. The highest BCUT2D eigenvalue weighted by Gasteiger charge is 2.30. The van der Waals surface area contributed by atoms with Crippen molar-refractivity contribution in [3.63, 3.8) is 0 Å². The van der Waals surface area contributed by atoms with Crippen molar-refractivity contribution in [1.82, 2.24) is 13.9 Å². The van der Waals surface area contributed by atoms with E-state index in [0.29, 0.717) is 31.6 Å². The van der Waals surface area contributed by atoms with Crippen molar-refractivity contribution in [2.24, 2.45) is 5.92 Å². The van der Waals surface area contributed by atoms with Crippen LogP contribution in [0, 0.1) is 5.92 Å². The highest BCUT2D eigenvalue weighted by atomic mass is 32.2. The molecule has 1 saturated heterocycles. The van der Waals surface area contributed by atoms with E-state index in [2.05, 4.69) is 5.32 Å². The molecular weight excluding hydrogens is 290 g/mol. The first-order chi connectivity index (χ1) is 10.0. The van der Waals surface area contributed by atoms with Crippen LogP contribution in [0.15, 0.2) is 0 Å². The summed E-state index contributed by atoms with van der Waals surface area (Å²) in [6.45, 7) is 3.44. The first-order valence-corrected chi connectivity index (χ1v) is 9.37. The van der Waals surface area contributed by atoms with Gasteiger partial charge in [-0.05, 0) is 44.6 Å². The van der Waals surface area contributed by atoms with E-state index in [0.717, 1.165) is 32.4 Å². The second-order valence-corrected chi connectivity index (χ2v) is 8.24. The van der Waals surface area contributed by atoms with Crippen LogP contribution in [0.2, 0.25) is 0 Å². The molecule has 0 aromatic rings. The van der Waals surface area contributed by atoms with Crippen LogP contribution in [-0.4, -0.2) is 70.0 Å². The maximum absolute atomic E-state index is 12.5. The zero-order valence-corrected chi connectivity index (χ0v) is 14.1. The summed E-state index contributed by atoms with van der Waals surface area (Å²) in [4.78, 5) is 0. The number of ether oxygens (including phenoxy) is 1. The average molecular weight is 319 g/mol. The first kappa shape index (κ1) is 17.1. The predicted molar refractivity (Wildman–Crippen MR) is 83.4 cm³/mol. The molecule has 0 aromatic carbocycles. The number of methoxy groups -OCH3 is 1. The fourth-order valence-electron chi connectivity index (χ4n) is 2.75. The van der Waals surface area contributed by atoms with Crippen LogP contribution in [-0.2, 0) is 14.9 Å². The van der Waals surface area contributed by atoms with E-state index in [4.69, 9.17) is 4.74 Å². The quantitative estimate of drug-likeness (QED) is 0.634. The molecular formula is C14H29N3O3S. The lowest BCUT2D eigenvalue weighted by Crippen LogP contribution is -2.46. The second-order valence-electron chi connectivity index (χ2n) is 6.21. The zero-order valence-electron chi connectivity index (χ0n) is 13.3. The fourth-order valence-corrected chi connectivity index (χ4v) is 4.18. The van der Waals surface area contributed by atoms with E-state index in [1.54, 1.807) is 18.5 Å². The van der Waals surface area contributed by atoms with E-state index >= 15 is 0 Å². The third kappa shape index (κ3) is 5.17. The zero-order chi connectivity index (χ0) is 15.3. The van der Waals surface area contributed by atoms with Gasteiger partial charge in [0.25, 0.3) is 10.2 Å². The van der Waals surface area contributed by atoms with Gasteiger partial charge in [0, 0.05) is 46.4 Å². The largest absolute Gasteiger partial charge is 0.384 e. The van der Waals surface area contributed by atoms with Gasteiger partial charge >= 0.3 is 0 Å². The highest BCUT2D eigenvalue weighted by molar-refractivity contribution is 7.86. The number of nitrogens with one attached hydrogen (secondary N) is 1. The number of hydrogen-bond acceptors (Lipinski definition) is 4. The molecule has 1 saturated carbocycles. The highest BCUT2D eigenvalue weighted by Crippen LogP contribution is 2.21. The summed E-state index contributed by atoms with van der Waals surface area (Å²) < 4.78 is 33.3. The summed E-state index contributed by atoms with van der Waals surface area (Å²) in [5, 5.41) is 3.41. The van der Waals surface area contributed by atoms with Gasteiger partial charge in [-0.15, -0.1) is 0 Å². The number of nitrogens with zero attached hydrogens (tertiary/aromatic N) is 2. The molecule has 0 radical (unpaired) electrons. The summed E-state index contributed by atoms with van der Waals surface area (Å²) in [6, 6.07) is 0.687. The third-order valence-corrected chi connectivity index (χ3v) is 6.34. The standard InChI is InChI=1S/C14H29N3O3S/c1-16(9-3-8-15-14-4-5-14)21(18,19)17-10-6-13(7-11-17)12-20-2/h13-15H,3-12H2,1-2H3. The molecule has 0 atom stereocenters. The van der Waals surface area contributed by atoms with Crippen molar-refractivity contribution >= 4 is 10.2 Å². The van der Waals surface area contributed by atoms with Gasteiger partial charge in [-0.2, -0.15) is 17.0 Å². The molecule has 0 unspecified atom stereocenters. The molecule has 1 aliphatic heterocycles. The Morgan fingerprint density at radius 3 is 2.48 bits per heavy atom. The molecule has 0 amide bonds. The Hall–Kier alpha value is -0.210. The van der Waals surface area contributed by atoms with Gasteiger partial charge in [0.15, 0.2) is 0 Å². The number of hydrogen-bond donors (Lipinski definition) is 1. The Labute approximate surface area is 129 Å². The molecule has 1 aliphatic carbocycles. The predicted octanol–water partition coefficient (Wildman–Crippen LogP) is 0.664. The van der Waals surface area contributed by atoms with Gasteiger partial charge < -0.3 is 10.1 Å². The molecule has 0 spiro atoms. The van der Waals surface area contributed by atoms with Gasteiger partial charge in [0.05, 0.1) is 0 Å². The molecule has 21 heavy (non-hydrogen) atoms. The molecule has 1 N–H and O–H groups in total. The maximum atomic E-state index is 12.5. The Morgan fingerprint density at radius 2 is 1.90 bits per heavy atom. The van der Waals surface area contributed by atoms with Crippen molar-refractivity contribution in [1.29, 1.82) is 0 Å². The maximum Gasteiger partial charge on any atom is 0.281 e. The molecule has 124 valence electrons. The van der Waals surface area contributed by atoms with Gasteiger partial charge in [-0.3, -0.25) is 0 Å². The number of rotatable bonds is 9. The average Bonchev–Trinajstić information content (AvgIpc) is 3.28. The van der Waals surface area contributed by atoms with Crippen molar-refractivity contribution in [2.45, 2.75) is 38.1 Å². The molecule has 2 aliphatic rings. The Balaban J connectivity index is 1.71. The first-order valence-electron chi connectivity index (χ1n) is 7.97. The second kappa shape index (κ2) is 7.87. The number of piperidine rings is 1. The monoisotopic (exact) mass is 319 g/mol. The van der Waals surface area contributed by atoms with Crippen molar-refractivity contribution in [3.05, 3.63) is 0 Å². The summed E-state index contributed by atoms with van der Waals surface area (Å²) in [7, 11) is 0.102. The van der Waals surface area contributed by atoms with Crippen molar-refractivity contribution in [3.8, 4) is 0 Å². The van der Waals surface area contributed by atoms with Crippen molar-refractivity contribution in [2.75, 3.05) is 46.9 Å². The molecule has 2 rings (SSSR count). The molecule has 0 aromatic heterocycles. The minimum atomic E-state index is -3.29. The molecule has 6 nitrogen and oxygen atoms in total. The van der Waals surface area contributed by atoms with Crippen LogP contribution in [0.25, 0.3) is 0 Å². The third-order valence-electron chi connectivity index (χ3n) is 4.36. The van der Waals surface area contributed by atoms with Crippen LogP contribution in [0.5, 0.6) is 0 Å². The van der Waals surface area contributed by atoms with Gasteiger partial charge in [-0.1, -0.05) is 0 Å². The summed E-state index contributed by atoms with van der Waals surface area (Å²) >= 11 is 0. The minimum absolute atomic E-state index is 0.495. The SMILES string of the molecule is COCC1CCN(S(=O)(=O)N(C)CCCNC2CC2)CC1. The van der Waals surface area contributed by atoms with E-state index in [9.17, 15) is 8.42 Å². The van der Waals surface area contributed by atoms with Crippen LogP contribution in [0.4, 0.5) is 0 Å². The van der Waals surface area contributed by atoms with Gasteiger partial charge in [0.1, 0.15) is 0 Å². The summed E-state index contributed by atoms with van der Waals surface area (Å²) in [6.07, 6.45) is 5.19. The van der Waals surface area contributed by atoms with E-state index in [1.165, 1.54) is 17.1 Å². The Morgan fingerprint density at radius 1 is 1.24 bits per heavy atom. The van der Waals surface area contributed by atoms with Gasteiger partial charge in [0.2, 0.25) is 0 Å². The lowest BCUT2D eigenvalue weighted by Gasteiger charge is -2.33. The summed E-state index contributed by atoms with van der Waals surface area (Å²) in [5.74, 6) is 0.495. The van der Waals surface area contributed by atoms with Gasteiger partial charge in [-0.25, -0.2) is 0 Å². The van der Waals surface area contributed by atoms with Crippen LogP contribution in [0.1, 0.15) is 32.1 Å². The smallest absolute Gasteiger partial charge is 0.281 e. The van der Waals surface area contributed by atoms with Crippen molar-refractivity contribution < 1.29 is 13.2 Å². The molecule has 2 fully saturated rings. The Kier molecular flexibility index (Phi) is 6.43. The topological polar surface area (TPSA) is 61.9 Å². The van der Waals surface area contributed by atoms with E-state index < -0.39 is 10.2 Å². The van der Waals surface area contributed by atoms with E-state index in [1.807, 2.05) is 0 Å². The van der Waals surface area contributed by atoms with Crippen LogP contribution < -0.4 is 5.32 Å². The molecule has 1 heterocycles.